The molecule has 0 N–H and O–H groups in total. The van der Waals surface area contributed by atoms with E-state index in [9.17, 15) is 12.9 Å². The molecule has 3 aliphatic carbocycles. The molecule has 271 valence electrons. The maximum atomic E-state index is 9.67. The van der Waals surface area contributed by atoms with E-state index >= 15 is 0 Å². The van der Waals surface area contributed by atoms with E-state index in [0.29, 0.717) is 0 Å². The van der Waals surface area contributed by atoms with Gasteiger partial charge in [0.1, 0.15) is 0 Å². The molecule has 0 spiro atoms. The summed E-state index contributed by atoms with van der Waals surface area (Å²) in [4.78, 5) is 0. The van der Waals surface area contributed by atoms with Crippen LogP contribution in [-0.2, 0) is 36.5 Å². The first-order chi connectivity index (χ1) is 19.5. The van der Waals surface area contributed by atoms with Crippen LogP contribution < -0.4 is 4.70 Å². The first-order valence-corrected chi connectivity index (χ1v) is 20.9. The van der Waals surface area contributed by atoms with Crippen LogP contribution in [0, 0.1) is 14.9 Å². The van der Waals surface area contributed by atoms with Crippen LogP contribution in [0.5, 0.6) is 0 Å². The van der Waals surface area contributed by atoms with E-state index in [0.717, 1.165) is 0 Å². The van der Waals surface area contributed by atoms with Crippen LogP contribution in [-0.4, -0.2) is 41.5 Å². The fourth-order valence-electron chi connectivity index (χ4n) is 8.61. The number of hydrogen-bond acceptors (Lipinski definition) is 0. The molecule has 0 amide bonds. The zero-order valence-corrected chi connectivity index (χ0v) is 34.4. The van der Waals surface area contributed by atoms with Gasteiger partial charge in [-0.05, 0) is 128 Å². The van der Waals surface area contributed by atoms with Crippen molar-refractivity contribution >= 4 is 23.4 Å². The Morgan fingerprint density at radius 3 is 0.889 bits per heavy atom. The van der Waals surface area contributed by atoms with Crippen LogP contribution in [0.3, 0.4) is 0 Å². The summed E-state index contributed by atoms with van der Waals surface area (Å²) in [5.41, 5.74) is 7.19. The van der Waals surface area contributed by atoms with Crippen LogP contribution >= 0.6 is 15.8 Å². The summed E-state index contributed by atoms with van der Waals surface area (Å²) in [7, 11) is -3.60. The van der Waals surface area contributed by atoms with Crippen LogP contribution in [0.25, 0.3) is 0 Å². The van der Waals surface area contributed by atoms with Gasteiger partial charge in [-0.3, -0.25) is 12.9 Å². The molecular weight excluding hydrogens is 740 g/mol. The smallest absolute Gasteiger partial charge is 1.00 e. The predicted octanol–water partition coefficient (Wildman–Crippen LogP) is 10.4. The van der Waals surface area contributed by atoms with Crippen LogP contribution in [0.1, 0.15) is 156 Å². The van der Waals surface area contributed by atoms with Gasteiger partial charge in [-0.2, -0.15) is 0 Å². The summed E-state index contributed by atoms with van der Waals surface area (Å²) in [6.07, 6.45) is 38.9. The zero-order valence-electron chi connectivity index (χ0n) is 29.7. The average Bonchev–Trinajstić information content (AvgIpc) is 3.74. The number of rotatable bonds is 6. The van der Waals surface area contributed by atoms with E-state index in [4.69, 9.17) is 0 Å². The van der Waals surface area contributed by atoms with Gasteiger partial charge in [0.15, 0.2) is 0 Å². The Labute approximate surface area is 305 Å². The largest absolute Gasteiger partial charge is 2.00 e. The minimum absolute atomic E-state index is 0. The third-order valence-corrected chi connectivity index (χ3v) is 20.2. The van der Waals surface area contributed by atoms with Gasteiger partial charge in [0.05, 0.1) is 34.0 Å². The second-order valence-corrected chi connectivity index (χ2v) is 19.8. The molecule has 45 heavy (non-hydrogen) atoms. The van der Waals surface area contributed by atoms with Gasteiger partial charge in [0.25, 0.3) is 0 Å². The van der Waals surface area contributed by atoms with Crippen molar-refractivity contribution in [2.24, 2.45) is 0 Å². The van der Waals surface area contributed by atoms with Gasteiger partial charge in [-0.1, -0.05) is 52.0 Å². The maximum absolute atomic E-state index is 9.67. The minimum Gasteiger partial charge on any atom is -1.00 e. The fraction of sp³-hybridized carbons (Fsp3) is 0.833. The summed E-state index contributed by atoms with van der Waals surface area (Å²) in [6.45, 7) is 9.73. The van der Waals surface area contributed by atoms with Gasteiger partial charge < -0.3 is 19.6 Å². The van der Waals surface area contributed by atoms with Crippen LogP contribution in [0.4, 0.5) is 12.9 Å². The summed E-state index contributed by atoms with van der Waals surface area (Å²) in [5.74, 6) is 0. The van der Waals surface area contributed by atoms with Crippen molar-refractivity contribution < 1.29 is 54.2 Å². The van der Waals surface area contributed by atoms with Crippen molar-refractivity contribution in [1.82, 2.24) is 0 Å². The first-order valence-electron chi connectivity index (χ1n) is 17.4. The average molecular weight is 810 g/mol. The molecule has 0 unspecified atom stereocenters. The third-order valence-electron chi connectivity index (χ3n) is 10.6. The van der Waals surface area contributed by atoms with E-state index in [1.165, 1.54) is 85.3 Å². The molecule has 0 aromatic heterocycles. The second kappa shape index (κ2) is 32.5. The van der Waals surface area contributed by atoms with Crippen molar-refractivity contribution in [2.75, 3.05) is 0 Å². The van der Waals surface area contributed by atoms with Crippen molar-refractivity contribution in [1.29, 1.82) is 0 Å². The predicted molar refractivity (Wildman–Crippen MR) is 195 cm³/mol. The quantitative estimate of drug-likeness (QED) is 0.0824. The first kappa shape index (κ1) is 53.1. The Hall–Kier alpha value is 1.27. The molecule has 5 rings (SSSR count). The monoisotopic (exact) mass is 810 g/mol. The second-order valence-electron chi connectivity index (χ2n) is 12.9. The molecule has 1 radical (unpaired) electrons. The third kappa shape index (κ3) is 19.9. The molecule has 4 atom stereocenters. The van der Waals surface area contributed by atoms with Crippen molar-refractivity contribution in [3.63, 3.8) is 0 Å². The molecule has 0 bridgehead atoms. The fourth-order valence-corrected chi connectivity index (χ4v) is 18.6. The molecular formula is C36H70BF4FeP2Rh+. The Balaban J connectivity index is -0.000000258. The maximum Gasteiger partial charge on any atom is 2.00 e. The van der Waals surface area contributed by atoms with E-state index < -0.39 is 7.54 Å². The van der Waals surface area contributed by atoms with E-state index in [2.05, 4.69) is 52.0 Å². The van der Waals surface area contributed by atoms with Crippen molar-refractivity contribution in [3.05, 3.63) is 39.2 Å². The normalized spacial score (nSPS) is 27.7. The topological polar surface area (TPSA) is 0 Å². The zero-order chi connectivity index (χ0) is 29.2. The van der Waals surface area contributed by atoms with Gasteiger partial charge >= 0.3 is 24.6 Å². The van der Waals surface area contributed by atoms with Crippen molar-refractivity contribution in [2.45, 2.75) is 190 Å². The summed E-state index contributed by atoms with van der Waals surface area (Å²) < 4.78 is 29.0. The number of hydrogen-bond donors (Lipinski definition) is 0. The van der Waals surface area contributed by atoms with Gasteiger partial charge in [-0.15, -0.1) is 0 Å². The molecule has 2 heterocycles. The molecule has 0 aromatic rings. The Morgan fingerprint density at radius 1 is 0.511 bits per heavy atom. The van der Waals surface area contributed by atoms with Gasteiger partial charge in [-0.25, -0.2) is 0 Å². The summed E-state index contributed by atoms with van der Waals surface area (Å²) in [6, 6.07) is 0. The summed E-state index contributed by atoms with van der Waals surface area (Å²) in [5, 5.41) is 0. The molecule has 4 fully saturated rings. The molecule has 9 heteroatoms. The van der Waals surface area contributed by atoms with Gasteiger partial charge in [0.2, 0.25) is 0 Å². The van der Waals surface area contributed by atoms with E-state index in [1.807, 2.05) is 0 Å². The van der Waals surface area contributed by atoms with E-state index in [1.54, 1.807) is 77.0 Å². The van der Waals surface area contributed by atoms with Crippen LogP contribution in [0.2, 0.25) is 0 Å². The Kier molecular flexibility index (Phi) is 38.3. The van der Waals surface area contributed by atoms with Crippen molar-refractivity contribution in [3.8, 4) is 0 Å². The molecule has 0 aromatic carbocycles. The van der Waals surface area contributed by atoms with Crippen LogP contribution in [0.15, 0.2) is 24.3 Å². The molecule has 2 saturated heterocycles. The molecule has 2 aliphatic heterocycles. The number of halogens is 4. The summed E-state index contributed by atoms with van der Waals surface area (Å²) >= 11 is 0. The number of allylic oxidation sites excluding steroid dienone is 4. The molecule has 5 aliphatic rings. The Bertz CT molecular complexity index is 601. The SMILES string of the molecule is C1=C\CC/C=C\CC/1.CC[C@@H]1CC[C@@H](CC)[PH+]1C1CCCC1.CC[C@@H]1CC[C@@H](CC)[PH+]1C1CCCC1.FB(F)F.[CH3-].[CH3-].[F-].[Fe+2].[Rh]. The van der Waals surface area contributed by atoms with E-state index in [-0.39, 0.29) is 71.9 Å². The Morgan fingerprint density at radius 2 is 0.711 bits per heavy atom. The minimum atomic E-state index is -3.67. The molecule has 0 nitrogen and oxygen atoms in total. The van der Waals surface area contributed by atoms with Gasteiger partial charge in [0, 0.05) is 35.3 Å². The molecule has 2 saturated carbocycles. The standard InChI is InChI=1S/2C13H25P.C8H12.2CH3.BF3.FH.Fe.Rh/c2*1-3-11-9-10-12(4-2)14(11)13-7-5-6-8-13;1-2-4-6-8-7-5-3-1;;;2-1(3)4;;;/h2*11-13H,3-10H2,1-2H3;1-2,7-8H,3-6H2;2*1H3;;1H;;/q;;;2*-1;;;+2;/p+1/b;;2-1-,8-7-;;;;;;/t2*11-,12-;;;;;;;/m11......./s1.